The standard InChI is InChI=1S/C8H15N3O3/c1-4-11(5-2)8(12)7(10-14)6(3)9-13/h13-14H,4-5H2,1-3H3/b9-6+,10-7-. The minimum atomic E-state index is -0.451. The van der Waals surface area contributed by atoms with Gasteiger partial charge in [0.05, 0.1) is 0 Å². The van der Waals surface area contributed by atoms with E-state index in [0.717, 1.165) is 0 Å². The summed E-state index contributed by atoms with van der Waals surface area (Å²) in [7, 11) is 0. The molecular formula is C8H15N3O3. The summed E-state index contributed by atoms with van der Waals surface area (Å²) in [5.41, 5.74) is -0.249. The fourth-order valence-electron chi connectivity index (χ4n) is 0.978. The molecule has 0 radical (unpaired) electrons. The van der Waals surface area contributed by atoms with Crippen molar-refractivity contribution in [2.24, 2.45) is 10.3 Å². The number of oxime groups is 2. The molecule has 0 aliphatic carbocycles. The quantitative estimate of drug-likeness (QED) is 0.395. The van der Waals surface area contributed by atoms with E-state index < -0.39 is 5.91 Å². The lowest BCUT2D eigenvalue weighted by Gasteiger charge is -2.18. The first-order chi connectivity index (χ1) is 6.62. The van der Waals surface area contributed by atoms with Gasteiger partial charge >= 0.3 is 0 Å². The Bertz CT molecular complexity index is 257. The van der Waals surface area contributed by atoms with Crippen LogP contribution in [-0.4, -0.2) is 45.7 Å². The SMILES string of the molecule is CCN(CC)C(=O)C(=N\O)/C(C)=N/O. The molecule has 0 atom stereocenters. The van der Waals surface area contributed by atoms with Gasteiger partial charge in [0.25, 0.3) is 5.91 Å². The van der Waals surface area contributed by atoms with Gasteiger partial charge in [0.2, 0.25) is 0 Å². The molecular weight excluding hydrogens is 186 g/mol. The lowest BCUT2D eigenvalue weighted by Crippen LogP contribution is -2.39. The predicted octanol–water partition coefficient (Wildman–Crippen LogP) is 0.535. The first-order valence-corrected chi connectivity index (χ1v) is 4.32. The maximum Gasteiger partial charge on any atom is 0.277 e. The molecule has 0 saturated heterocycles. The summed E-state index contributed by atoms with van der Waals surface area (Å²) in [5.74, 6) is -0.451. The number of hydrogen-bond acceptors (Lipinski definition) is 5. The number of rotatable bonds is 4. The lowest BCUT2D eigenvalue weighted by molar-refractivity contribution is -0.123. The number of amides is 1. The fraction of sp³-hybridized carbons (Fsp3) is 0.625. The monoisotopic (exact) mass is 201 g/mol. The van der Waals surface area contributed by atoms with Crippen LogP contribution in [-0.2, 0) is 4.79 Å². The second-order valence-corrected chi connectivity index (χ2v) is 2.61. The molecule has 0 rings (SSSR count). The summed E-state index contributed by atoms with van der Waals surface area (Å²) in [4.78, 5) is 13.0. The van der Waals surface area contributed by atoms with Crippen LogP contribution in [0, 0.1) is 0 Å². The van der Waals surface area contributed by atoms with Crippen LogP contribution in [0.1, 0.15) is 20.8 Å². The van der Waals surface area contributed by atoms with E-state index in [0.29, 0.717) is 13.1 Å². The van der Waals surface area contributed by atoms with Gasteiger partial charge in [0, 0.05) is 13.1 Å². The molecule has 0 aliphatic heterocycles. The molecule has 14 heavy (non-hydrogen) atoms. The zero-order valence-corrected chi connectivity index (χ0v) is 8.56. The Hall–Kier alpha value is -1.59. The number of carbonyl (C=O) groups excluding carboxylic acids is 1. The molecule has 0 unspecified atom stereocenters. The molecule has 6 heteroatoms. The summed E-state index contributed by atoms with van der Waals surface area (Å²) >= 11 is 0. The average Bonchev–Trinajstić information content (AvgIpc) is 2.20. The summed E-state index contributed by atoms with van der Waals surface area (Å²) in [6.45, 7) is 6.01. The van der Waals surface area contributed by atoms with E-state index in [2.05, 4.69) is 10.3 Å². The van der Waals surface area contributed by atoms with Crippen LogP contribution in [0.3, 0.4) is 0 Å². The van der Waals surface area contributed by atoms with Gasteiger partial charge in [-0.3, -0.25) is 4.79 Å². The second-order valence-electron chi connectivity index (χ2n) is 2.61. The molecule has 0 aliphatic rings. The molecule has 0 spiro atoms. The van der Waals surface area contributed by atoms with Crippen molar-refractivity contribution in [2.45, 2.75) is 20.8 Å². The largest absolute Gasteiger partial charge is 0.411 e. The Morgan fingerprint density at radius 3 is 2.00 bits per heavy atom. The topological polar surface area (TPSA) is 85.5 Å². The van der Waals surface area contributed by atoms with Gasteiger partial charge in [0.15, 0.2) is 5.71 Å². The Labute approximate surface area is 82.5 Å². The Morgan fingerprint density at radius 1 is 1.21 bits per heavy atom. The van der Waals surface area contributed by atoms with Crippen LogP contribution < -0.4 is 0 Å². The van der Waals surface area contributed by atoms with Crippen molar-refractivity contribution in [3.8, 4) is 0 Å². The van der Waals surface area contributed by atoms with Gasteiger partial charge in [-0.1, -0.05) is 10.3 Å². The summed E-state index contributed by atoms with van der Waals surface area (Å²) in [6, 6.07) is 0. The lowest BCUT2D eigenvalue weighted by atomic mass is 10.2. The first kappa shape index (κ1) is 12.4. The predicted molar refractivity (Wildman–Crippen MR) is 52.0 cm³/mol. The molecule has 1 amide bonds. The van der Waals surface area contributed by atoms with E-state index in [4.69, 9.17) is 10.4 Å². The van der Waals surface area contributed by atoms with Gasteiger partial charge in [-0.25, -0.2) is 0 Å². The van der Waals surface area contributed by atoms with Crippen molar-refractivity contribution in [1.29, 1.82) is 0 Å². The van der Waals surface area contributed by atoms with Gasteiger partial charge < -0.3 is 15.3 Å². The Balaban J connectivity index is 4.81. The third kappa shape index (κ3) is 2.72. The minimum Gasteiger partial charge on any atom is -0.411 e. The molecule has 6 nitrogen and oxygen atoms in total. The summed E-state index contributed by atoms with van der Waals surface area (Å²) in [6.07, 6.45) is 0. The highest BCUT2D eigenvalue weighted by molar-refractivity contribution is 6.66. The van der Waals surface area contributed by atoms with Crippen molar-refractivity contribution < 1.29 is 15.2 Å². The minimum absolute atomic E-state index is 0.00981. The molecule has 0 aromatic heterocycles. The summed E-state index contributed by atoms with van der Waals surface area (Å²) < 4.78 is 0. The van der Waals surface area contributed by atoms with E-state index in [1.165, 1.54) is 11.8 Å². The number of hydrogen-bond donors (Lipinski definition) is 2. The van der Waals surface area contributed by atoms with Crippen LogP contribution >= 0.6 is 0 Å². The second kappa shape index (κ2) is 5.95. The molecule has 0 fully saturated rings. The van der Waals surface area contributed by atoms with Gasteiger partial charge in [-0.2, -0.15) is 0 Å². The van der Waals surface area contributed by atoms with E-state index in [1.807, 2.05) is 13.8 Å². The van der Waals surface area contributed by atoms with E-state index >= 15 is 0 Å². The van der Waals surface area contributed by atoms with Crippen LogP contribution in [0.5, 0.6) is 0 Å². The number of nitrogens with zero attached hydrogens (tertiary/aromatic N) is 3. The van der Waals surface area contributed by atoms with Crippen molar-refractivity contribution in [2.75, 3.05) is 13.1 Å². The molecule has 2 N–H and O–H groups in total. The molecule has 0 aromatic carbocycles. The third-order valence-electron chi connectivity index (χ3n) is 1.85. The van der Waals surface area contributed by atoms with E-state index in [1.54, 1.807) is 0 Å². The van der Waals surface area contributed by atoms with Gasteiger partial charge in [-0.15, -0.1) is 0 Å². The van der Waals surface area contributed by atoms with E-state index in [9.17, 15) is 4.79 Å². The van der Waals surface area contributed by atoms with Gasteiger partial charge in [0.1, 0.15) is 5.71 Å². The van der Waals surface area contributed by atoms with Crippen molar-refractivity contribution in [1.82, 2.24) is 4.90 Å². The van der Waals surface area contributed by atoms with Crippen LogP contribution in [0.4, 0.5) is 0 Å². The van der Waals surface area contributed by atoms with Crippen molar-refractivity contribution >= 4 is 17.3 Å². The highest BCUT2D eigenvalue weighted by Gasteiger charge is 2.20. The van der Waals surface area contributed by atoms with Crippen molar-refractivity contribution in [3.05, 3.63) is 0 Å². The molecule has 0 aromatic rings. The highest BCUT2D eigenvalue weighted by atomic mass is 16.4. The zero-order chi connectivity index (χ0) is 11.1. The van der Waals surface area contributed by atoms with Crippen LogP contribution in [0.2, 0.25) is 0 Å². The molecule has 0 bridgehead atoms. The van der Waals surface area contributed by atoms with Gasteiger partial charge in [-0.05, 0) is 20.8 Å². The van der Waals surface area contributed by atoms with Crippen LogP contribution in [0.25, 0.3) is 0 Å². The zero-order valence-electron chi connectivity index (χ0n) is 8.56. The van der Waals surface area contributed by atoms with Crippen molar-refractivity contribution in [3.63, 3.8) is 0 Å². The maximum absolute atomic E-state index is 11.6. The highest BCUT2D eigenvalue weighted by Crippen LogP contribution is 1.94. The fourth-order valence-corrected chi connectivity index (χ4v) is 0.978. The van der Waals surface area contributed by atoms with Crippen LogP contribution in [0.15, 0.2) is 10.3 Å². The Kier molecular flexibility index (Phi) is 5.28. The summed E-state index contributed by atoms with van der Waals surface area (Å²) in [5, 5.41) is 22.6. The maximum atomic E-state index is 11.6. The molecule has 80 valence electrons. The molecule has 0 saturated carbocycles. The Morgan fingerprint density at radius 2 is 1.71 bits per heavy atom. The van der Waals surface area contributed by atoms with E-state index in [-0.39, 0.29) is 11.4 Å². The average molecular weight is 201 g/mol. The smallest absolute Gasteiger partial charge is 0.277 e. The molecule has 0 heterocycles. The normalized spacial score (nSPS) is 12.8. The third-order valence-corrected chi connectivity index (χ3v) is 1.85. The first-order valence-electron chi connectivity index (χ1n) is 4.32. The number of carbonyl (C=O) groups is 1.